The predicted molar refractivity (Wildman–Crippen MR) is 82.8 cm³/mol. The van der Waals surface area contributed by atoms with Crippen molar-refractivity contribution >= 4 is 9.24 Å². The van der Waals surface area contributed by atoms with E-state index >= 15 is 0 Å². The van der Waals surface area contributed by atoms with Gasteiger partial charge in [0, 0.05) is 5.66 Å². The van der Waals surface area contributed by atoms with Gasteiger partial charge >= 0.3 is 0 Å². The van der Waals surface area contributed by atoms with Crippen molar-refractivity contribution in [3.8, 4) is 0 Å². The molecule has 0 aliphatic heterocycles. The summed E-state index contributed by atoms with van der Waals surface area (Å²) in [5, 5.41) is 0. The molecular formula is C17H27P. The molecule has 0 radical (unpaired) electrons. The molecule has 2 saturated carbocycles. The highest BCUT2D eigenvalue weighted by Gasteiger charge is 2.30. The highest BCUT2D eigenvalue weighted by atomic mass is 31.0. The molecule has 100 valence electrons. The maximum atomic E-state index is 3.08. The van der Waals surface area contributed by atoms with Crippen LogP contribution in [0.3, 0.4) is 0 Å². The molecule has 3 aliphatic carbocycles. The Morgan fingerprint density at radius 1 is 0.778 bits per heavy atom. The minimum atomic E-state index is 0.657. The van der Waals surface area contributed by atoms with E-state index in [-0.39, 0.29) is 0 Å². The molecule has 0 heterocycles. The quantitative estimate of drug-likeness (QED) is 0.596. The molecule has 0 bridgehead atoms. The van der Waals surface area contributed by atoms with E-state index in [9.17, 15) is 0 Å². The Morgan fingerprint density at radius 3 is 1.94 bits per heavy atom. The van der Waals surface area contributed by atoms with Gasteiger partial charge in [-0.2, -0.15) is 0 Å². The van der Waals surface area contributed by atoms with E-state index in [4.69, 9.17) is 0 Å². The van der Waals surface area contributed by atoms with Gasteiger partial charge in [0.1, 0.15) is 0 Å². The van der Waals surface area contributed by atoms with Gasteiger partial charge in [-0.25, -0.2) is 0 Å². The van der Waals surface area contributed by atoms with E-state index in [2.05, 4.69) is 21.4 Å². The van der Waals surface area contributed by atoms with Crippen LogP contribution in [-0.2, 0) is 0 Å². The normalized spacial score (nSPS) is 31.3. The summed E-state index contributed by atoms with van der Waals surface area (Å²) in [6.07, 6.45) is 19.5. The molecule has 18 heavy (non-hydrogen) atoms. The average Bonchev–Trinajstić information content (AvgIpc) is 2.83. The van der Waals surface area contributed by atoms with Crippen molar-refractivity contribution < 1.29 is 0 Å². The van der Waals surface area contributed by atoms with Gasteiger partial charge < -0.3 is 0 Å². The van der Waals surface area contributed by atoms with Crippen LogP contribution in [0.2, 0.25) is 0 Å². The first kappa shape index (κ1) is 12.9. The number of rotatable bonds is 2. The second kappa shape index (κ2) is 5.91. The smallest absolute Gasteiger partial charge is 0.0134 e. The highest BCUT2D eigenvalue weighted by Crippen LogP contribution is 2.44. The standard InChI is InChI=1S/C17H27P/c18-16-12-11-15(13-7-3-1-4-8-13)17(16)14-9-5-2-6-10-14/h11-14,16H,1-10,18H2. The van der Waals surface area contributed by atoms with E-state index in [0.717, 1.165) is 11.8 Å². The Bertz CT molecular complexity index is 341. The zero-order valence-electron chi connectivity index (χ0n) is 11.5. The molecule has 0 nitrogen and oxygen atoms in total. The van der Waals surface area contributed by atoms with E-state index in [0.29, 0.717) is 5.66 Å². The average molecular weight is 262 g/mol. The van der Waals surface area contributed by atoms with Crippen LogP contribution >= 0.6 is 9.24 Å². The second-order valence-electron chi connectivity index (χ2n) is 6.47. The van der Waals surface area contributed by atoms with Crippen LogP contribution in [0.1, 0.15) is 64.2 Å². The van der Waals surface area contributed by atoms with Crippen LogP contribution in [0.5, 0.6) is 0 Å². The Kier molecular flexibility index (Phi) is 4.24. The fourth-order valence-electron chi connectivity index (χ4n) is 4.31. The van der Waals surface area contributed by atoms with Gasteiger partial charge in [-0.1, -0.05) is 56.3 Å². The monoisotopic (exact) mass is 262 g/mol. The Morgan fingerprint density at radius 2 is 1.33 bits per heavy atom. The topological polar surface area (TPSA) is 0 Å². The first-order chi connectivity index (χ1) is 8.86. The molecule has 0 spiro atoms. The zero-order chi connectivity index (χ0) is 12.4. The van der Waals surface area contributed by atoms with Gasteiger partial charge in [0.15, 0.2) is 0 Å². The van der Waals surface area contributed by atoms with Gasteiger partial charge in [0.2, 0.25) is 0 Å². The van der Waals surface area contributed by atoms with Crippen LogP contribution in [0.15, 0.2) is 23.3 Å². The van der Waals surface area contributed by atoms with Crippen molar-refractivity contribution in [2.75, 3.05) is 0 Å². The highest BCUT2D eigenvalue weighted by molar-refractivity contribution is 7.18. The van der Waals surface area contributed by atoms with Crippen LogP contribution in [0.4, 0.5) is 0 Å². The molecule has 2 atom stereocenters. The predicted octanol–water partition coefficient (Wildman–Crippen LogP) is 5.26. The van der Waals surface area contributed by atoms with Gasteiger partial charge in [-0.3, -0.25) is 0 Å². The van der Waals surface area contributed by atoms with Gasteiger partial charge in [0.25, 0.3) is 0 Å². The van der Waals surface area contributed by atoms with E-state index < -0.39 is 0 Å². The minimum absolute atomic E-state index is 0.657. The van der Waals surface area contributed by atoms with Crippen LogP contribution < -0.4 is 0 Å². The third kappa shape index (κ3) is 2.60. The molecule has 0 N–H and O–H groups in total. The van der Waals surface area contributed by atoms with E-state index in [1.807, 2.05) is 5.57 Å². The summed E-state index contributed by atoms with van der Waals surface area (Å²) in [5.74, 6) is 1.81. The Labute approximate surface area is 115 Å². The van der Waals surface area contributed by atoms with Gasteiger partial charge in [-0.15, -0.1) is 9.24 Å². The van der Waals surface area contributed by atoms with Crippen molar-refractivity contribution in [2.24, 2.45) is 11.8 Å². The molecule has 1 heteroatoms. The third-order valence-electron chi connectivity index (χ3n) is 5.27. The molecule has 0 aromatic carbocycles. The van der Waals surface area contributed by atoms with E-state index in [1.165, 1.54) is 64.2 Å². The maximum Gasteiger partial charge on any atom is 0.0134 e. The number of hydrogen-bond donors (Lipinski definition) is 0. The van der Waals surface area contributed by atoms with Crippen LogP contribution in [0.25, 0.3) is 0 Å². The first-order valence-electron chi connectivity index (χ1n) is 8.04. The summed E-state index contributed by atoms with van der Waals surface area (Å²) < 4.78 is 0. The lowest BCUT2D eigenvalue weighted by atomic mass is 9.76. The molecule has 3 rings (SSSR count). The largest absolute Gasteiger partial charge is 0.126 e. The number of allylic oxidation sites excluding steroid dienone is 4. The Balaban J connectivity index is 1.81. The summed E-state index contributed by atoms with van der Waals surface area (Å²) in [6.45, 7) is 0. The fourth-order valence-corrected chi connectivity index (χ4v) is 4.88. The van der Waals surface area contributed by atoms with Crippen molar-refractivity contribution in [1.82, 2.24) is 0 Å². The Hall–Kier alpha value is -0.0900. The third-order valence-corrected chi connectivity index (χ3v) is 5.85. The summed E-state index contributed by atoms with van der Waals surface area (Å²) in [6, 6.07) is 0. The lowest BCUT2D eigenvalue weighted by Crippen LogP contribution is -2.18. The van der Waals surface area contributed by atoms with Gasteiger partial charge in [0.05, 0.1) is 0 Å². The van der Waals surface area contributed by atoms with Crippen molar-refractivity contribution in [2.45, 2.75) is 69.9 Å². The maximum absolute atomic E-state index is 3.08. The molecule has 2 fully saturated rings. The number of hydrogen-bond acceptors (Lipinski definition) is 0. The van der Waals surface area contributed by atoms with Crippen molar-refractivity contribution in [1.29, 1.82) is 0 Å². The fraction of sp³-hybridized carbons (Fsp3) is 0.765. The van der Waals surface area contributed by atoms with Crippen molar-refractivity contribution in [3.05, 3.63) is 23.3 Å². The SMILES string of the molecule is PC1C=CC(C2CCCCC2)=C1C1CCCCC1. The molecule has 0 aromatic heterocycles. The lowest BCUT2D eigenvalue weighted by Gasteiger charge is -2.30. The van der Waals surface area contributed by atoms with E-state index in [1.54, 1.807) is 5.57 Å². The summed E-state index contributed by atoms with van der Waals surface area (Å²) in [7, 11) is 3.08. The molecule has 0 saturated heterocycles. The summed E-state index contributed by atoms with van der Waals surface area (Å²) >= 11 is 0. The van der Waals surface area contributed by atoms with Crippen molar-refractivity contribution in [3.63, 3.8) is 0 Å². The molecular weight excluding hydrogens is 235 g/mol. The first-order valence-corrected chi connectivity index (χ1v) is 8.70. The molecule has 0 aromatic rings. The second-order valence-corrected chi connectivity index (χ2v) is 7.18. The van der Waals surface area contributed by atoms with Crippen LogP contribution in [0, 0.1) is 11.8 Å². The zero-order valence-corrected chi connectivity index (χ0v) is 12.7. The molecule has 2 unspecified atom stereocenters. The van der Waals surface area contributed by atoms with Gasteiger partial charge in [-0.05, 0) is 43.1 Å². The molecule has 0 amide bonds. The van der Waals surface area contributed by atoms with Crippen LogP contribution in [-0.4, -0.2) is 5.66 Å². The lowest BCUT2D eigenvalue weighted by molar-refractivity contribution is 0.379. The minimum Gasteiger partial charge on any atom is -0.126 e. The molecule has 3 aliphatic rings. The summed E-state index contributed by atoms with van der Waals surface area (Å²) in [4.78, 5) is 0. The summed E-state index contributed by atoms with van der Waals surface area (Å²) in [5.41, 5.74) is 4.25.